The molecule has 36 heavy (non-hydrogen) atoms. The van der Waals surface area contributed by atoms with Gasteiger partial charge in [-0.1, -0.05) is 11.6 Å². The number of amides is 2. The summed E-state index contributed by atoms with van der Waals surface area (Å²) in [5.41, 5.74) is 6.65. The van der Waals surface area contributed by atoms with E-state index < -0.39 is 17.8 Å². The molecule has 188 valence electrons. The lowest BCUT2D eigenvalue weighted by Crippen LogP contribution is -2.65. The number of carbonyl (C=O) groups excluding carboxylic acids is 2. The van der Waals surface area contributed by atoms with E-state index in [1.54, 1.807) is 16.5 Å². The van der Waals surface area contributed by atoms with Gasteiger partial charge in [-0.15, -0.1) is 11.3 Å². The van der Waals surface area contributed by atoms with Crippen LogP contribution in [0.25, 0.3) is 22.1 Å². The van der Waals surface area contributed by atoms with E-state index in [0.29, 0.717) is 48.4 Å². The second kappa shape index (κ2) is 10.1. The number of aromatic nitrogens is 3. The second-order valence-electron chi connectivity index (χ2n) is 8.43. The number of rotatable bonds is 5. The van der Waals surface area contributed by atoms with Crippen LogP contribution in [0.4, 0.5) is 9.18 Å². The summed E-state index contributed by atoms with van der Waals surface area (Å²) in [6.07, 6.45) is 1.63. The minimum Gasteiger partial charge on any atom is -0.465 e. The van der Waals surface area contributed by atoms with Crippen molar-refractivity contribution < 1.29 is 23.5 Å². The van der Waals surface area contributed by atoms with E-state index in [0.717, 1.165) is 6.07 Å². The molecule has 2 aliphatic heterocycles. The van der Waals surface area contributed by atoms with E-state index in [-0.39, 0.29) is 34.9 Å². The molecule has 1 aromatic carbocycles. The summed E-state index contributed by atoms with van der Waals surface area (Å²) in [5, 5.41) is 2.44. The molecule has 3 aromatic rings. The Morgan fingerprint density at radius 3 is 2.64 bits per heavy atom. The van der Waals surface area contributed by atoms with E-state index in [4.69, 9.17) is 31.8 Å². The molecule has 5 rings (SSSR count). The first-order chi connectivity index (χ1) is 17.4. The molecule has 2 bridgehead atoms. The average Bonchev–Trinajstić information content (AvgIpc) is 3.38. The third kappa shape index (κ3) is 4.64. The van der Waals surface area contributed by atoms with Gasteiger partial charge in [-0.2, -0.15) is 0 Å². The topological polar surface area (TPSA) is 124 Å². The standard InChI is InChI=1S/C23H22ClFN6O4S/c1-34-22(32)18-17(9-31-13-7-30(23(26)33)8-14(31)11-35-10-13)28-20(21-27-4-5-36-21)29-19(18)15-3-2-12(25)6-16(15)24/h2-6,13-14H,7-11H2,1H3,(H2,26,33)/t13-,14?/m1/s1. The fraction of sp³-hybridized carbons (Fsp3) is 0.348. The molecule has 1 unspecified atom stereocenters. The molecule has 2 aromatic heterocycles. The number of esters is 1. The number of hydrogen-bond donors (Lipinski definition) is 1. The van der Waals surface area contributed by atoms with Gasteiger partial charge in [-0.05, 0) is 18.2 Å². The molecular formula is C23H22ClFN6O4S. The Morgan fingerprint density at radius 2 is 2.03 bits per heavy atom. The summed E-state index contributed by atoms with van der Waals surface area (Å²) in [5.74, 6) is -0.860. The first kappa shape index (κ1) is 24.5. The van der Waals surface area contributed by atoms with Crippen LogP contribution in [0.3, 0.4) is 0 Å². The van der Waals surface area contributed by atoms with Crippen molar-refractivity contribution in [2.45, 2.75) is 18.6 Å². The number of nitrogens with two attached hydrogens (primary N) is 1. The molecule has 2 saturated heterocycles. The Balaban J connectivity index is 1.65. The normalized spacial score (nSPS) is 19.8. The molecule has 2 aliphatic rings. The molecule has 2 atom stereocenters. The highest BCUT2D eigenvalue weighted by molar-refractivity contribution is 7.13. The minimum atomic E-state index is -0.650. The average molecular weight is 533 g/mol. The highest BCUT2D eigenvalue weighted by Gasteiger charge is 2.40. The lowest BCUT2D eigenvalue weighted by atomic mass is 10.0. The number of morpholine rings is 1. The zero-order valence-corrected chi connectivity index (χ0v) is 20.8. The van der Waals surface area contributed by atoms with Crippen LogP contribution in [0.2, 0.25) is 5.02 Å². The van der Waals surface area contributed by atoms with Crippen LogP contribution in [0, 0.1) is 5.82 Å². The number of nitrogens with zero attached hydrogens (tertiary/aromatic N) is 5. The SMILES string of the molecule is COC(=O)c1c(CN2C3COC[C@H]2CN(C(N)=O)C3)nc(-c2nccs2)nc1-c1ccc(F)cc1Cl. The number of primary amides is 1. The summed E-state index contributed by atoms with van der Waals surface area (Å²) in [6.45, 7) is 1.83. The van der Waals surface area contributed by atoms with Gasteiger partial charge in [0.2, 0.25) is 0 Å². The predicted molar refractivity (Wildman–Crippen MR) is 130 cm³/mol. The number of benzene rings is 1. The molecule has 10 nitrogen and oxygen atoms in total. The highest BCUT2D eigenvalue weighted by Crippen LogP contribution is 2.35. The van der Waals surface area contributed by atoms with E-state index in [9.17, 15) is 14.0 Å². The van der Waals surface area contributed by atoms with Crippen molar-refractivity contribution in [1.82, 2.24) is 24.8 Å². The molecule has 0 aliphatic carbocycles. The largest absolute Gasteiger partial charge is 0.465 e. The van der Waals surface area contributed by atoms with E-state index in [1.165, 1.54) is 30.6 Å². The first-order valence-corrected chi connectivity index (χ1v) is 12.3. The molecule has 2 fully saturated rings. The van der Waals surface area contributed by atoms with E-state index in [1.807, 2.05) is 0 Å². The Hall–Kier alpha value is -3.19. The fourth-order valence-corrected chi connectivity index (χ4v) is 5.41. The Morgan fingerprint density at radius 1 is 1.28 bits per heavy atom. The lowest BCUT2D eigenvalue weighted by Gasteiger charge is -2.49. The summed E-state index contributed by atoms with van der Waals surface area (Å²) >= 11 is 7.73. The quantitative estimate of drug-likeness (QED) is 0.497. The minimum absolute atomic E-state index is 0.0928. The number of fused-ring (bicyclic) bond motifs is 2. The molecule has 2 N–H and O–H groups in total. The number of ether oxygens (including phenoxy) is 2. The maximum atomic E-state index is 13.8. The van der Waals surface area contributed by atoms with Crippen LogP contribution in [0.1, 0.15) is 16.1 Å². The van der Waals surface area contributed by atoms with Gasteiger partial charge < -0.3 is 20.1 Å². The van der Waals surface area contributed by atoms with Crippen molar-refractivity contribution >= 4 is 34.9 Å². The highest BCUT2D eigenvalue weighted by atomic mass is 35.5. The zero-order chi connectivity index (χ0) is 25.4. The third-order valence-electron chi connectivity index (χ3n) is 6.25. The van der Waals surface area contributed by atoms with Crippen LogP contribution in [-0.2, 0) is 16.0 Å². The van der Waals surface area contributed by atoms with Gasteiger partial charge in [0.05, 0.1) is 48.8 Å². The molecule has 0 spiro atoms. The summed E-state index contributed by atoms with van der Waals surface area (Å²) in [4.78, 5) is 42.3. The van der Waals surface area contributed by atoms with E-state index in [2.05, 4.69) is 14.9 Å². The van der Waals surface area contributed by atoms with Crippen LogP contribution >= 0.6 is 22.9 Å². The smallest absolute Gasteiger partial charge is 0.342 e. The first-order valence-electron chi connectivity index (χ1n) is 11.1. The fourth-order valence-electron chi connectivity index (χ4n) is 4.58. The lowest BCUT2D eigenvalue weighted by molar-refractivity contribution is -0.0919. The van der Waals surface area contributed by atoms with Crippen molar-refractivity contribution in [3.05, 3.63) is 51.9 Å². The number of thiazole rings is 1. The van der Waals surface area contributed by atoms with Crippen molar-refractivity contribution in [2.75, 3.05) is 33.4 Å². The van der Waals surface area contributed by atoms with Gasteiger partial charge in [-0.25, -0.2) is 28.9 Å². The van der Waals surface area contributed by atoms with Gasteiger partial charge in [0.15, 0.2) is 10.8 Å². The van der Waals surface area contributed by atoms with Gasteiger partial charge in [0.25, 0.3) is 0 Å². The molecule has 2 amide bonds. The van der Waals surface area contributed by atoms with Crippen LogP contribution in [0.15, 0.2) is 29.8 Å². The molecule has 13 heteroatoms. The van der Waals surface area contributed by atoms with Crippen molar-refractivity contribution in [2.24, 2.45) is 5.73 Å². The number of methoxy groups -OCH3 is 1. The van der Waals surface area contributed by atoms with Gasteiger partial charge in [0.1, 0.15) is 11.4 Å². The van der Waals surface area contributed by atoms with Crippen LogP contribution in [-0.4, -0.2) is 82.2 Å². The maximum absolute atomic E-state index is 13.8. The van der Waals surface area contributed by atoms with Crippen LogP contribution < -0.4 is 5.73 Å². The molecule has 4 heterocycles. The van der Waals surface area contributed by atoms with Crippen molar-refractivity contribution in [1.29, 1.82) is 0 Å². The van der Waals surface area contributed by atoms with Crippen LogP contribution in [0.5, 0.6) is 0 Å². The second-order valence-corrected chi connectivity index (χ2v) is 9.73. The predicted octanol–water partition coefficient (Wildman–Crippen LogP) is 2.81. The number of hydrogen-bond acceptors (Lipinski definition) is 9. The third-order valence-corrected chi connectivity index (χ3v) is 7.33. The van der Waals surface area contributed by atoms with Crippen molar-refractivity contribution in [3.63, 3.8) is 0 Å². The Bertz CT molecular complexity index is 1300. The number of carbonyl (C=O) groups is 2. The summed E-state index contributed by atoms with van der Waals surface area (Å²) in [7, 11) is 1.27. The monoisotopic (exact) mass is 532 g/mol. The van der Waals surface area contributed by atoms with Gasteiger partial charge in [0, 0.05) is 36.8 Å². The summed E-state index contributed by atoms with van der Waals surface area (Å²) in [6, 6.07) is 3.10. The van der Waals surface area contributed by atoms with E-state index >= 15 is 0 Å². The molecular weight excluding hydrogens is 511 g/mol. The van der Waals surface area contributed by atoms with Gasteiger partial charge in [-0.3, -0.25) is 4.90 Å². The summed E-state index contributed by atoms with van der Waals surface area (Å²) < 4.78 is 24.7. The van der Waals surface area contributed by atoms with Gasteiger partial charge >= 0.3 is 12.0 Å². The molecule has 0 saturated carbocycles. The number of halogens is 2. The Labute approximate surface area is 214 Å². The van der Waals surface area contributed by atoms with Crippen molar-refractivity contribution in [3.8, 4) is 22.1 Å². The number of urea groups is 1. The molecule has 0 radical (unpaired) electrons. The maximum Gasteiger partial charge on any atom is 0.342 e. The zero-order valence-electron chi connectivity index (χ0n) is 19.2. The number of piperazine rings is 1. The Kier molecular flexibility index (Phi) is 6.84.